The summed E-state index contributed by atoms with van der Waals surface area (Å²) in [6.45, 7) is 6.45. The van der Waals surface area contributed by atoms with Crippen LogP contribution in [0.5, 0.6) is 0 Å². The topological polar surface area (TPSA) is 35.5 Å². The van der Waals surface area contributed by atoms with Gasteiger partial charge in [0.15, 0.2) is 0 Å². The number of rotatable bonds is 5. The van der Waals surface area contributed by atoms with Crippen molar-refractivity contribution in [3.63, 3.8) is 0 Å². The predicted molar refractivity (Wildman–Crippen MR) is 56.6 cm³/mol. The summed E-state index contributed by atoms with van der Waals surface area (Å²) < 4.78 is 21.7. The SMILES string of the molecule is C#CCOP(=O)(C=C)OC(C)(C)C#C. The van der Waals surface area contributed by atoms with Crippen LogP contribution in [0.15, 0.2) is 12.4 Å². The molecule has 0 fully saturated rings. The Labute approximate surface area is 85.0 Å². The minimum Gasteiger partial charge on any atom is -0.293 e. The maximum atomic E-state index is 11.8. The van der Waals surface area contributed by atoms with Gasteiger partial charge in [-0.25, -0.2) is 0 Å². The number of hydrogen-bond acceptors (Lipinski definition) is 3. The standard InChI is InChI=1S/C10H13O3P/c1-6-9-12-14(11,8-3)13-10(4,5)7-2/h1-2,8H,3,9H2,4-5H3. The van der Waals surface area contributed by atoms with E-state index < -0.39 is 13.2 Å². The molecule has 14 heavy (non-hydrogen) atoms. The number of hydrogen-bond donors (Lipinski definition) is 0. The minimum atomic E-state index is -3.38. The summed E-state index contributed by atoms with van der Waals surface area (Å²) in [7, 11) is -3.38. The summed E-state index contributed by atoms with van der Waals surface area (Å²) in [5.74, 6) is 5.61. The average molecular weight is 212 g/mol. The summed E-state index contributed by atoms with van der Waals surface area (Å²) in [5.41, 5.74) is -0.974. The van der Waals surface area contributed by atoms with E-state index in [9.17, 15) is 4.57 Å². The van der Waals surface area contributed by atoms with Crippen LogP contribution in [-0.2, 0) is 13.6 Å². The van der Waals surface area contributed by atoms with Crippen molar-refractivity contribution in [1.82, 2.24) is 0 Å². The zero-order valence-electron chi connectivity index (χ0n) is 8.32. The fraction of sp³-hybridized carbons (Fsp3) is 0.400. The van der Waals surface area contributed by atoms with Crippen LogP contribution in [0.25, 0.3) is 0 Å². The normalized spacial score (nSPS) is 14.9. The monoisotopic (exact) mass is 212 g/mol. The molecule has 0 aromatic carbocycles. The lowest BCUT2D eigenvalue weighted by atomic mass is 10.2. The predicted octanol–water partition coefficient (Wildman–Crippen LogP) is 2.40. The second-order valence-electron chi connectivity index (χ2n) is 2.95. The second-order valence-corrected chi connectivity index (χ2v) is 4.83. The van der Waals surface area contributed by atoms with E-state index in [-0.39, 0.29) is 6.61 Å². The van der Waals surface area contributed by atoms with E-state index in [0.717, 1.165) is 5.82 Å². The van der Waals surface area contributed by atoms with E-state index in [1.54, 1.807) is 13.8 Å². The first-order chi connectivity index (χ1) is 6.39. The molecule has 76 valence electrons. The molecule has 0 aliphatic rings. The summed E-state index contributed by atoms with van der Waals surface area (Å²) in [6, 6.07) is 0. The average Bonchev–Trinajstić information content (AvgIpc) is 2.14. The van der Waals surface area contributed by atoms with Gasteiger partial charge in [0.25, 0.3) is 0 Å². The van der Waals surface area contributed by atoms with Crippen molar-refractivity contribution in [1.29, 1.82) is 0 Å². The molecule has 0 N–H and O–H groups in total. The molecular weight excluding hydrogens is 199 g/mol. The van der Waals surface area contributed by atoms with Crippen molar-refractivity contribution in [3.05, 3.63) is 12.4 Å². The Kier molecular flexibility index (Phi) is 4.68. The Morgan fingerprint density at radius 2 is 2.14 bits per heavy atom. The Hall–Kier alpha value is -0.990. The Morgan fingerprint density at radius 3 is 2.50 bits per heavy atom. The van der Waals surface area contributed by atoms with Crippen LogP contribution >= 0.6 is 7.60 Å². The molecule has 0 amide bonds. The maximum Gasteiger partial charge on any atom is 0.355 e. The Bertz CT molecular complexity index is 330. The van der Waals surface area contributed by atoms with Gasteiger partial charge in [0, 0.05) is 5.82 Å². The Balaban J connectivity index is 4.60. The van der Waals surface area contributed by atoms with Gasteiger partial charge in [-0.15, -0.1) is 12.8 Å². The fourth-order valence-corrected chi connectivity index (χ4v) is 1.76. The van der Waals surface area contributed by atoms with Crippen molar-refractivity contribution >= 4 is 7.60 Å². The molecule has 1 atom stereocenters. The highest BCUT2D eigenvalue weighted by Gasteiger charge is 2.29. The molecule has 0 rings (SSSR count). The molecular formula is C10H13O3P. The first kappa shape index (κ1) is 13.0. The van der Waals surface area contributed by atoms with Gasteiger partial charge in [-0.05, 0) is 13.8 Å². The lowest BCUT2D eigenvalue weighted by molar-refractivity contribution is 0.137. The van der Waals surface area contributed by atoms with E-state index in [4.69, 9.17) is 21.9 Å². The number of terminal acetylenes is 2. The molecule has 0 aliphatic carbocycles. The zero-order valence-corrected chi connectivity index (χ0v) is 9.21. The molecule has 0 bridgehead atoms. The molecule has 0 spiro atoms. The third-order valence-corrected chi connectivity index (χ3v) is 2.90. The van der Waals surface area contributed by atoms with Crippen molar-refractivity contribution in [2.45, 2.75) is 19.4 Å². The third kappa shape index (κ3) is 4.30. The molecule has 1 unspecified atom stereocenters. The van der Waals surface area contributed by atoms with Crippen LogP contribution in [-0.4, -0.2) is 12.2 Å². The van der Waals surface area contributed by atoms with Crippen LogP contribution in [0.1, 0.15) is 13.8 Å². The second kappa shape index (κ2) is 5.03. The minimum absolute atomic E-state index is 0.107. The van der Waals surface area contributed by atoms with E-state index in [0.29, 0.717) is 0 Å². The molecule has 0 heterocycles. The molecule has 3 nitrogen and oxygen atoms in total. The lowest BCUT2D eigenvalue weighted by Crippen LogP contribution is -2.20. The van der Waals surface area contributed by atoms with Gasteiger partial charge in [-0.3, -0.25) is 13.6 Å². The molecule has 0 saturated heterocycles. The first-order valence-electron chi connectivity index (χ1n) is 3.89. The Morgan fingerprint density at radius 1 is 1.57 bits per heavy atom. The maximum absolute atomic E-state index is 11.8. The van der Waals surface area contributed by atoms with E-state index in [1.165, 1.54) is 0 Å². The molecule has 0 aromatic heterocycles. The first-order valence-corrected chi connectivity index (χ1v) is 5.50. The van der Waals surface area contributed by atoms with Crippen LogP contribution in [0, 0.1) is 24.7 Å². The molecule has 0 radical (unpaired) electrons. The highest BCUT2D eigenvalue weighted by Crippen LogP contribution is 2.52. The van der Waals surface area contributed by atoms with Gasteiger partial charge in [0.1, 0.15) is 12.2 Å². The summed E-state index contributed by atoms with van der Waals surface area (Å²) in [5, 5.41) is 0. The summed E-state index contributed by atoms with van der Waals surface area (Å²) >= 11 is 0. The van der Waals surface area contributed by atoms with E-state index in [2.05, 4.69) is 18.4 Å². The van der Waals surface area contributed by atoms with Gasteiger partial charge in [0.2, 0.25) is 0 Å². The molecule has 0 aliphatic heterocycles. The van der Waals surface area contributed by atoms with Crippen LogP contribution in [0.4, 0.5) is 0 Å². The van der Waals surface area contributed by atoms with Gasteiger partial charge in [-0.2, -0.15) is 0 Å². The van der Waals surface area contributed by atoms with Gasteiger partial charge < -0.3 is 0 Å². The van der Waals surface area contributed by atoms with Crippen molar-refractivity contribution in [3.8, 4) is 24.7 Å². The van der Waals surface area contributed by atoms with Gasteiger partial charge in [-0.1, -0.05) is 18.4 Å². The third-order valence-electron chi connectivity index (χ3n) is 1.25. The quantitative estimate of drug-likeness (QED) is 0.518. The highest BCUT2D eigenvalue weighted by molar-refractivity contribution is 7.57. The fourth-order valence-electron chi connectivity index (χ4n) is 0.588. The van der Waals surface area contributed by atoms with E-state index >= 15 is 0 Å². The van der Waals surface area contributed by atoms with Gasteiger partial charge >= 0.3 is 7.60 Å². The largest absolute Gasteiger partial charge is 0.355 e. The van der Waals surface area contributed by atoms with E-state index in [1.807, 2.05) is 0 Å². The van der Waals surface area contributed by atoms with Crippen LogP contribution in [0.2, 0.25) is 0 Å². The molecule has 4 heteroatoms. The van der Waals surface area contributed by atoms with Crippen LogP contribution in [0.3, 0.4) is 0 Å². The zero-order chi connectivity index (χ0) is 11.2. The smallest absolute Gasteiger partial charge is 0.293 e. The van der Waals surface area contributed by atoms with Crippen LogP contribution < -0.4 is 0 Å². The molecule has 0 saturated carbocycles. The lowest BCUT2D eigenvalue weighted by Gasteiger charge is -2.23. The summed E-state index contributed by atoms with van der Waals surface area (Å²) in [4.78, 5) is 0. The van der Waals surface area contributed by atoms with Gasteiger partial charge in [0.05, 0.1) is 0 Å². The van der Waals surface area contributed by atoms with Crippen molar-refractivity contribution in [2.75, 3.05) is 6.61 Å². The summed E-state index contributed by atoms with van der Waals surface area (Å²) in [6.07, 6.45) is 10.1. The highest BCUT2D eigenvalue weighted by atomic mass is 31.2. The molecule has 0 aromatic rings. The van der Waals surface area contributed by atoms with Crippen molar-refractivity contribution in [2.24, 2.45) is 0 Å². The van der Waals surface area contributed by atoms with Crippen molar-refractivity contribution < 1.29 is 13.6 Å².